The van der Waals surface area contributed by atoms with Crippen molar-refractivity contribution in [3.05, 3.63) is 60.2 Å². The van der Waals surface area contributed by atoms with Gasteiger partial charge in [-0.1, -0.05) is 50.6 Å². The number of carbonyl (C=O) groups excluding carboxylic acids is 2. The van der Waals surface area contributed by atoms with Gasteiger partial charge in [0.05, 0.1) is 18.6 Å². The van der Waals surface area contributed by atoms with E-state index in [0.717, 1.165) is 29.0 Å². The van der Waals surface area contributed by atoms with Crippen LogP contribution in [-0.4, -0.2) is 57.1 Å². The number of hydrogen-bond donors (Lipinski definition) is 1. The van der Waals surface area contributed by atoms with Gasteiger partial charge in [0.15, 0.2) is 0 Å². The normalized spacial score (nSPS) is 12.0. The lowest BCUT2D eigenvalue weighted by atomic mass is 10.1. The van der Waals surface area contributed by atoms with Gasteiger partial charge in [-0.05, 0) is 49.6 Å². The zero-order valence-electron chi connectivity index (χ0n) is 21.1. The minimum atomic E-state index is -3.77. The Kier molecular flexibility index (Phi) is 11.0. The van der Waals surface area contributed by atoms with E-state index in [1.165, 1.54) is 4.90 Å². The highest BCUT2D eigenvalue weighted by molar-refractivity contribution is 7.92. The molecule has 2 amide bonds. The van der Waals surface area contributed by atoms with Crippen molar-refractivity contribution < 1.29 is 22.7 Å². The maximum absolute atomic E-state index is 13.6. The van der Waals surface area contributed by atoms with Gasteiger partial charge in [0, 0.05) is 13.1 Å². The Morgan fingerprint density at radius 1 is 1.00 bits per heavy atom. The van der Waals surface area contributed by atoms with Gasteiger partial charge in [-0.2, -0.15) is 0 Å². The van der Waals surface area contributed by atoms with Crippen LogP contribution >= 0.6 is 0 Å². The molecule has 0 aromatic heterocycles. The smallest absolute Gasteiger partial charge is 0.244 e. The van der Waals surface area contributed by atoms with Gasteiger partial charge in [0.2, 0.25) is 21.8 Å². The zero-order chi connectivity index (χ0) is 25.8. The van der Waals surface area contributed by atoms with E-state index in [1.54, 1.807) is 24.3 Å². The standard InChI is InChI=1S/C26H37N3O5S/c1-5-8-18-27-26(31)24(6-2)28(19-21-12-10-9-11-13-21)25(30)20-29(35(4,32)33)22-14-16-23(17-15-22)34-7-3/h9-17,24H,5-8,18-20H2,1-4H3,(H,27,31)/t24-/m1/s1. The second kappa shape index (κ2) is 13.7. The van der Waals surface area contributed by atoms with Crippen LogP contribution in [-0.2, 0) is 26.2 Å². The molecule has 0 bridgehead atoms. The number of hydrogen-bond acceptors (Lipinski definition) is 5. The second-order valence-corrected chi connectivity index (χ2v) is 10.2. The van der Waals surface area contributed by atoms with Crippen molar-refractivity contribution in [3.8, 4) is 5.75 Å². The Morgan fingerprint density at radius 3 is 2.20 bits per heavy atom. The SMILES string of the molecule is CCCCNC(=O)[C@@H](CC)N(Cc1ccccc1)C(=O)CN(c1ccc(OCC)cc1)S(C)(=O)=O. The van der Waals surface area contributed by atoms with Gasteiger partial charge >= 0.3 is 0 Å². The third-order valence-corrected chi connectivity index (χ3v) is 6.67. The molecule has 35 heavy (non-hydrogen) atoms. The molecule has 2 aromatic carbocycles. The number of rotatable bonds is 14. The summed E-state index contributed by atoms with van der Waals surface area (Å²) in [6, 6.07) is 15.2. The molecule has 0 spiro atoms. The fourth-order valence-corrected chi connectivity index (χ4v) is 4.54. The van der Waals surface area contributed by atoms with E-state index < -0.39 is 28.5 Å². The summed E-state index contributed by atoms with van der Waals surface area (Å²) in [5.41, 5.74) is 1.21. The lowest BCUT2D eigenvalue weighted by Crippen LogP contribution is -2.52. The second-order valence-electron chi connectivity index (χ2n) is 8.27. The van der Waals surface area contributed by atoms with Crippen molar-refractivity contribution in [2.75, 3.05) is 30.3 Å². The van der Waals surface area contributed by atoms with Crippen molar-refractivity contribution in [2.24, 2.45) is 0 Å². The van der Waals surface area contributed by atoms with Crippen LogP contribution in [0.25, 0.3) is 0 Å². The number of nitrogens with one attached hydrogen (secondary N) is 1. The lowest BCUT2D eigenvalue weighted by molar-refractivity contribution is -0.140. The third-order valence-electron chi connectivity index (χ3n) is 5.53. The lowest BCUT2D eigenvalue weighted by Gasteiger charge is -2.33. The van der Waals surface area contributed by atoms with E-state index in [9.17, 15) is 18.0 Å². The van der Waals surface area contributed by atoms with Crippen LogP contribution < -0.4 is 14.4 Å². The fourth-order valence-electron chi connectivity index (χ4n) is 3.69. The highest BCUT2D eigenvalue weighted by atomic mass is 32.2. The average molecular weight is 504 g/mol. The summed E-state index contributed by atoms with van der Waals surface area (Å²) in [7, 11) is -3.77. The Labute approximate surface area is 209 Å². The van der Waals surface area contributed by atoms with Crippen molar-refractivity contribution in [1.82, 2.24) is 10.2 Å². The molecule has 1 atom stereocenters. The maximum atomic E-state index is 13.6. The Balaban J connectivity index is 2.35. The molecule has 2 rings (SSSR count). The first kappa shape index (κ1) is 28.2. The molecule has 0 saturated heterocycles. The molecular weight excluding hydrogens is 466 g/mol. The number of ether oxygens (including phenoxy) is 1. The summed E-state index contributed by atoms with van der Waals surface area (Å²) in [4.78, 5) is 28.1. The molecule has 2 aromatic rings. The van der Waals surface area contributed by atoms with Crippen molar-refractivity contribution in [3.63, 3.8) is 0 Å². The summed E-state index contributed by atoms with van der Waals surface area (Å²) in [6.45, 7) is 6.53. The van der Waals surface area contributed by atoms with Crippen molar-refractivity contribution >= 4 is 27.5 Å². The molecule has 192 valence electrons. The van der Waals surface area contributed by atoms with E-state index >= 15 is 0 Å². The van der Waals surface area contributed by atoms with Gasteiger partial charge in [0.1, 0.15) is 18.3 Å². The zero-order valence-corrected chi connectivity index (χ0v) is 21.9. The number of nitrogens with zero attached hydrogens (tertiary/aromatic N) is 2. The van der Waals surface area contributed by atoms with E-state index in [1.807, 2.05) is 51.1 Å². The monoisotopic (exact) mass is 503 g/mol. The number of carbonyl (C=O) groups is 2. The van der Waals surface area contributed by atoms with Gasteiger partial charge in [-0.25, -0.2) is 8.42 Å². The predicted octanol–water partition coefficient (Wildman–Crippen LogP) is 3.58. The highest BCUT2D eigenvalue weighted by Gasteiger charge is 2.31. The number of unbranched alkanes of at least 4 members (excludes halogenated alkanes) is 1. The number of anilines is 1. The largest absolute Gasteiger partial charge is 0.494 e. The Morgan fingerprint density at radius 2 is 1.66 bits per heavy atom. The van der Waals surface area contributed by atoms with Crippen molar-refractivity contribution in [2.45, 2.75) is 52.6 Å². The molecule has 0 radical (unpaired) electrons. The Hall–Kier alpha value is -3.07. The molecule has 9 heteroatoms. The minimum absolute atomic E-state index is 0.195. The summed E-state index contributed by atoms with van der Waals surface area (Å²) in [5, 5.41) is 2.91. The van der Waals surface area contributed by atoms with Gasteiger partial charge in [-0.3, -0.25) is 13.9 Å². The molecule has 0 saturated carbocycles. The fraction of sp³-hybridized carbons (Fsp3) is 0.462. The van der Waals surface area contributed by atoms with E-state index in [-0.39, 0.29) is 12.5 Å². The molecule has 8 nitrogen and oxygen atoms in total. The van der Waals surface area contributed by atoms with Gasteiger partial charge in [0.25, 0.3) is 0 Å². The first-order chi connectivity index (χ1) is 16.7. The summed E-state index contributed by atoms with van der Waals surface area (Å²) < 4.78 is 31.8. The summed E-state index contributed by atoms with van der Waals surface area (Å²) in [5.74, 6) is -0.0839. The number of benzene rings is 2. The summed E-state index contributed by atoms with van der Waals surface area (Å²) >= 11 is 0. The van der Waals surface area contributed by atoms with E-state index in [4.69, 9.17) is 4.74 Å². The summed E-state index contributed by atoms with van der Waals surface area (Å²) in [6.07, 6.45) is 3.25. The molecular formula is C26H37N3O5S. The molecule has 0 fully saturated rings. The molecule has 0 unspecified atom stereocenters. The van der Waals surface area contributed by atoms with E-state index in [0.29, 0.717) is 31.0 Å². The van der Waals surface area contributed by atoms with Crippen LogP contribution in [0.15, 0.2) is 54.6 Å². The van der Waals surface area contributed by atoms with Crippen LogP contribution in [0, 0.1) is 0 Å². The highest BCUT2D eigenvalue weighted by Crippen LogP contribution is 2.23. The van der Waals surface area contributed by atoms with Gasteiger partial charge < -0.3 is 15.0 Å². The minimum Gasteiger partial charge on any atom is -0.494 e. The molecule has 0 heterocycles. The molecule has 0 aliphatic carbocycles. The Bertz CT molecular complexity index is 1040. The van der Waals surface area contributed by atoms with Gasteiger partial charge in [-0.15, -0.1) is 0 Å². The van der Waals surface area contributed by atoms with Crippen LogP contribution in [0.2, 0.25) is 0 Å². The molecule has 1 N–H and O–H groups in total. The van der Waals surface area contributed by atoms with E-state index in [2.05, 4.69) is 5.32 Å². The first-order valence-corrected chi connectivity index (χ1v) is 13.9. The van der Waals surface area contributed by atoms with Crippen LogP contribution in [0.3, 0.4) is 0 Å². The van der Waals surface area contributed by atoms with Crippen LogP contribution in [0.4, 0.5) is 5.69 Å². The number of amides is 2. The van der Waals surface area contributed by atoms with Crippen LogP contribution in [0.1, 0.15) is 45.6 Å². The van der Waals surface area contributed by atoms with Crippen LogP contribution in [0.5, 0.6) is 5.75 Å². The average Bonchev–Trinajstić information content (AvgIpc) is 2.83. The number of sulfonamides is 1. The molecule has 0 aliphatic rings. The first-order valence-electron chi connectivity index (χ1n) is 12.0. The predicted molar refractivity (Wildman–Crippen MR) is 139 cm³/mol. The maximum Gasteiger partial charge on any atom is 0.244 e. The molecule has 0 aliphatic heterocycles. The quantitative estimate of drug-likeness (QED) is 0.398. The van der Waals surface area contributed by atoms with Crippen molar-refractivity contribution in [1.29, 1.82) is 0 Å². The topological polar surface area (TPSA) is 96.0 Å². The third kappa shape index (κ3) is 8.58.